The molecule has 106 valence electrons. The predicted octanol–water partition coefficient (Wildman–Crippen LogP) is 3.59. The Kier molecular flexibility index (Phi) is 4.48. The highest BCUT2D eigenvalue weighted by molar-refractivity contribution is 14.1. The van der Waals surface area contributed by atoms with E-state index in [1.54, 1.807) is 0 Å². The van der Waals surface area contributed by atoms with Crippen LogP contribution in [-0.2, 0) is 6.42 Å². The third-order valence-electron chi connectivity index (χ3n) is 3.64. The largest absolute Gasteiger partial charge is 0.271 e. The zero-order valence-corrected chi connectivity index (χ0v) is 13.6. The van der Waals surface area contributed by atoms with Crippen LogP contribution in [0.3, 0.4) is 0 Å². The van der Waals surface area contributed by atoms with Crippen molar-refractivity contribution in [1.29, 1.82) is 0 Å². The van der Waals surface area contributed by atoms with Crippen molar-refractivity contribution in [2.24, 2.45) is 5.84 Å². The molecule has 1 aromatic heterocycles. The Morgan fingerprint density at radius 3 is 2.57 bits per heavy atom. The molecule has 0 bridgehead atoms. The average Bonchev–Trinajstić information content (AvgIpc) is 2.54. The summed E-state index contributed by atoms with van der Waals surface area (Å²) in [6, 6.07) is 18.8. The number of para-hydroxylation sites is 1. The van der Waals surface area contributed by atoms with Crippen LogP contribution in [0.25, 0.3) is 10.9 Å². The van der Waals surface area contributed by atoms with Crippen LogP contribution in [0.15, 0.2) is 60.8 Å². The van der Waals surface area contributed by atoms with Gasteiger partial charge in [0.25, 0.3) is 0 Å². The van der Waals surface area contributed by atoms with E-state index in [2.05, 4.69) is 69.4 Å². The number of nitrogens with one attached hydrogen (secondary N) is 1. The number of aromatic nitrogens is 1. The van der Waals surface area contributed by atoms with Gasteiger partial charge >= 0.3 is 0 Å². The minimum absolute atomic E-state index is 0.0906. The smallest absolute Gasteiger partial charge is 0.0704 e. The van der Waals surface area contributed by atoms with Crippen molar-refractivity contribution >= 4 is 33.5 Å². The lowest BCUT2D eigenvalue weighted by Gasteiger charge is -2.17. The first-order valence-electron chi connectivity index (χ1n) is 6.82. The van der Waals surface area contributed by atoms with E-state index < -0.39 is 0 Å². The van der Waals surface area contributed by atoms with Crippen LogP contribution in [0, 0.1) is 3.57 Å². The molecule has 2 aromatic carbocycles. The highest BCUT2D eigenvalue weighted by Gasteiger charge is 2.12. The number of fused-ring (bicyclic) bond motifs is 1. The minimum Gasteiger partial charge on any atom is -0.271 e. The summed E-state index contributed by atoms with van der Waals surface area (Å²) >= 11 is 2.31. The monoisotopic (exact) mass is 389 g/mol. The molecule has 3 rings (SSSR count). The van der Waals surface area contributed by atoms with Gasteiger partial charge in [-0.2, -0.15) is 0 Å². The lowest BCUT2D eigenvalue weighted by atomic mass is 9.97. The Balaban J connectivity index is 1.94. The minimum atomic E-state index is 0.0906. The van der Waals surface area contributed by atoms with Gasteiger partial charge in [0.15, 0.2) is 0 Å². The number of hydrogen-bond acceptors (Lipinski definition) is 3. The van der Waals surface area contributed by atoms with E-state index in [1.165, 1.54) is 20.1 Å². The molecule has 0 spiro atoms. The van der Waals surface area contributed by atoms with Crippen LogP contribution in [0.1, 0.15) is 17.2 Å². The molecule has 1 atom stereocenters. The molecule has 0 radical (unpaired) electrons. The fraction of sp³-hybridized carbons (Fsp3) is 0.118. The van der Waals surface area contributed by atoms with Crippen LogP contribution >= 0.6 is 22.6 Å². The summed E-state index contributed by atoms with van der Waals surface area (Å²) in [5, 5.41) is 1.19. The third kappa shape index (κ3) is 3.23. The molecule has 0 aliphatic carbocycles. The summed E-state index contributed by atoms with van der Waals surface area (Å²) < 4.78 is 1.22. The maximum atomic E-state index is 5.77. The van der Waals surface area contributed by atoms with Gasteiger partial charge in [-0.15, -0.1) is 0 Å². The van der Waals surface area contributed by atoms with E-state index in [9.17, 15) is 0 Å². The van der Waals surface area contributed by atoms with Crippen molar-refractivity contribution in [3.8, 4) is 0 Å². The van der Waals surface area contributed by atoms with Crippen molar-refractivity contribution in [3.63, 3.8) is 0 Å². The summed E-state index contributed by atoms with van der Waals surface area (Å²) in [6.45, 7) is 0. The number of nitrogens with two attached hydrogens (primary N) is 1. The van der Waals surface area contributed by atoms with Crippen LogP contribution in [0.4, 0.5) is 0 Å². The molecule has 1 heterocycles. The zero-order chi connectivity index (χ0) is 14.7. The second-order valence-electron chi connectivity index (χ2n) is 4.96. The van der Waals surface area contributed by atoms with E-state index in [1.807, 2.05) is 24.4 Å². The third-order valence-corrected chi connectivity index (χ3v) is 4.36. The Morgan fingerprint density at radius 2 is 1.81 bits per heavy atom. The summed E-state index contributed by atoms with van der Waals surface area (Å²) in [4.78, 5) is 4.41. The van der Waals surface area contributed by atoms with E-state index in [0.717, 1.165) is 11.9 Å². The Bertz CT molecular complexity index is 735. The maximum Gasteiger partial charge on any atom is 0.0704 e. The normalized spacial score (nSPS) is 12.5. The van der Waals surface area contributed by atoms with E-state index in [0.29, 0.717) is 0 Å². The second kappa shape index (κ2) is 6.51. The second-order valence-corrected chi connectivity index (χ2v) is 6.21. The lowest BCUT2D eigenvalue weighted by Crippen LogP contribution is -2.29. The fourth-order valence-electron chi connectivity index (χ4n) is 2.52. The number of nitrogens with zero attached hydrogens (tertiary/aromatic N) is 1. The molecule has 0 amide bonds. The number of hydrogen-bond donors (Lipinski definition) is 2. The number of halogens is 1. The summed E-state index contributed by atoms with van der Waals surface area (Å²) in [5.74, 6) is 5.77. The zero-order valence-electron chi connectivity index (χ0n) is 11.5. The molecular weight excluding hydrogens is 373 g/mol. The molecule has 0 aliphatic rings. The van der Waals surface area contributed by atoms with E-state index >= 15 is 0 Å². The number of pyridine rings is 1. The molecule has 1 unspecified atom stereocenters. The van der Waals surface area contributed by atoms with Gasteiger partial charge < -0.3 is 0 Å². The molecule has 0 saturated heterocycles. The van der Waals surface area contributed by atoms with Gasteiger partial charge in [-0.1, -0.05) is 30.3 Å². The highest BCUT2D eigenvalue weighted by atomic mass is 127. The van der Waals surface area contributed by atoms with Crippen LogP contribution < -0.4 is 11.3 Å². The molecule has 3 N–H and O–H groups in total. The summed E-state index contributed by atoms with van der Waals surface area (Å²) in [7, 11) is 0. The molecule has 0 aliphatic heterocycles. The fourth-order valence-corrected chi connectivity index (χ4v) is 2.88. The molecule has 0 saturated carbocycles. The van der Waals surface area contributed by atoms with Crippen molar-refractivity contribution in [2.45, 2.75) is 12.5 Å². The number of hydrazine groups is 1. The molecule has 0 fully saturated rings. The Labute approximate surface area is 137 Å². The first kappa shape index (κ1) is 14.4. The predicted molar refractivity (Wildman–Crippen MR) is 94.7 cm³/mol. The quantitative estimate of drug-likeness (QED) is 0.408. The van der Waals surface area contributed by atoms with Crippen LogP contribution in [0.5, 0.6) is 0 Å². The van der Waals surface area contributed by atoms with Gasteiger partial charge in [-0.3, -0.25) is 16.3 Å². The van der Waals surface area contributed by atoms with Crippen molar-refractivity contribution in [1.82, 2.24) is 10.4 Å². The van der Waals surface area contributed by atoms with E-state index in [4.69, 9.17) is 5.84 Å². The highest BCUT2D eigenvalue weighted by Crippen LogP contribution is 2.23. The van der Waals surface area contributed by atoms with Crippen LogP contribution in [0.2, 0.25) is 0 Å². The van der Waals surface area contributed by atoms with E-state index in [-0.39, 0.29) is 6.04 Å². The SMILES string of the molecule is NNC(Cc1ccnc2ccccc12)c1ccc(I)cc1. The van der Waals surface area contributed by atoms with Crippen LogP contribution in [-0.4, -0.2) is 4.98 Å². The molecule has 3 aromatic rings. The molecule has 4 heteroatoms. The van der Waals surface area contributed by atoms with Gasteiger partial charge in [0.1, 0.15) is 0 Å². The average molecular weight is 389 g/mol. The molecule has 21 heavy (non-hydrogen) atoms. The van der Waals surface area contributed by atoms with Crippen molar-refractivity contribution in [3.05, 3.63) is 75.5 Å². The Morgan fingerprint density at radius 1 is 1.05 bits per heavy atom. The maximum absolute atomic E-state index is 5.77. The summed E-state index contributed by atoms with van der Waals surface area (Å²) in [6.07, 6.45) is 2.69. The first-order chi connectivity index (χ1) is 10.3. The number of rotatable bonds is 4. The standard InChI is InChI=1S/C17H16IN3/c18-14-7-5-12(6-8-14)17(21-19)11-13-9-10-20-16-4-2-1-3-15(13)16/h1-10,17,21H,11,19H2. The molecule has 3 nitrogen and oxygen atoms in total. The van der Waals surface area contributed by atoms with Gasteiger partial charge in [0.05, 0.1) is 11.6 Å². The number of benzene rings is 2. The Hall–Kier alpha value is -1.50. The van der Waals surface area contributed by atoms with Gasteiger partial charge in [-0.05, 0) is 64.4 Å². The topological polar surface area (TPSA) is 50.9 Å². The van der Waals surface area contributed by atoms with Gasteiger partial charge in [0, 0.05) is 15.2 Å². The van der Waals surface area contributed by atoms with Crippen molar-refractivity contribution in [2.75, 3.05) is 0 Å². The molecular formula is C17H16IN3. The first-order valence-corrected chi connectivity index (χ1v) is 7.90. The van der Waals surface area contributed by atoms with Gasteiger partial charge in [0.2, 0.25) is 0 Å². The van der Waals surface area contributed by atoms with Crippen molar-refractivity contribution < 1.29 is 0 Å². The van der Waals surface area contributed by atoms with Gasteiger partial charge in [-0.25, -0.2) is 0 Å². The lowest BCUT2D eigenvalue weighted by molar-refractivity contribution is 0.553. The summed E-state index contributed by atoms with van der Waals surface area (Å²) in [5.41, 5.74) is 6.40.